The van der Waals surface area contributed by atoms with Gasteiger partial charge in [-0.25, -0.2) is 9.78 Å². The quantitative estimate of drug-likeness (QED) is 0.405. The van der Waals surface area contributed by atoms with Crippen LogP contribution in [0.15, 0.2) is 72.1 Å². The molecule has 2 heterocycles. The molecule has 0 spiro atoms. The summed E-state index contributed by atoms with van der Waals surface area (Å²) in [5, 5.41) is 9.39. The molecule has 0 bridgehead atoms. The third-order valence-corrected chi connectivity index (χ3v) is 7.11. The number of thiazole rings is 1. The lowest BCUT2D eigenvalue weighted by Crippen LogP contribution is -2.51. The predicted octanol–water partition coefficient (Wildman–Crippen LogP) is 5.64. The Morgan fingerprint density at radius 2 is 1.73 bits per heavy atom. The highest BCUT2D eigenvalue weighted by Gasteiger charge is 2.22. The van der Waals surface area contributed by atoms with E-state index < -0.39 is 0 Å². The van der Waals surface area contributed by atoms with Gasteiger partial charge in [-0.1, -0.05) is 66.2 Å². The fourth-order valence-corrected chi connectivity index (χ4v) is 5.14. The van der Waals surface area contributed by atoms with E-state index in [1.807, 2.05) is 47.4 Å². The lowest BCUT2D eigenvalue weighted by molar-refractivity contribution is 0.135. The maximum atomic E-state index is 12.7. The maximum Gasteiger partial charge on any atom is 0.317 e. The highest BCUT2D eigenvalue weighted by atomic mass is 35.5. The molecule has 168 valence electrons. The van der Waals surface area contributed by atoms with Crippen molar-refractivity contribution in [1.82, 2.24) is 20.1 Å². The Morgan fingerprint density at radius 1 is 0.970 bits per heavy atom. The van der Waals surface area contributed by atoms with Crippen molar-refractivity contribution in [3.8, 4) is 11.3 Å². The monoisotopic (exact) mass is 476 g/mol. The number of nitrogens with zero attached hydrogens (tertiary/aromatic N) is 3. The van der Waals surface area contributed by atoms with E-state index in [0.29, 0.717) is 6.54 Å². The van der Waals surface area contributed by atoms with E-state index in [4.69, 9.17) is 16.6 Å². The van der Waals surface area contributed by atoms with Gasteiger partial charge in [0, 0.05) is 48.7 Å². The van der Waals surface area contributed by atoms with Gasteiger partial charge in [0.05, 0.1) is 12.2 Å². The lowest BCUT2D eigenvalue weighted by atomic mass is 10.0. The second-order valence-electron chi connectivity index (χ2n) is 8.19. The zero-order chi connectivity index (χ0) is 22.6. The van der Waals surface area contributed by atoms with Crippen LogP contribution in [0.1, 0.15) is 10.6 Å². The second-order valence-corrected chi connectivity index (χ2v) is 9.57. The van der Waals surface area contributed by atoms with Crippen LogP contribution < -0.4 is 5.32 Å². The molecule has 1 fully saturated rings. The average molecular weight is 477 g/mol. The zero-order valence-corrected chi connectivity index (χ0v) is 19.8. The summed E-state index contributed by atoms with van der Waals surface area (Å²) in [6.45, 7) is 4.47. The standard InChI is InChI=1S/C26H25ClN4OS/c27-22-10-8-20(9-11-22)24-18-33-25(29-24)17-30-12-14-31(15-13-30)26(32)28-16-21-6-3-5-19-4-1-2-7-23(19)21/h1-11,18H,12-17H2,(H,28,32). The van der Waals surface area contributed by atoms with Crippen molar-refractivity contribution >= 4 is 39.7 Å². The van der Waals surface area contributed by atoms with Crippen LogP contribution >= 0.6 is 22.9 Å². The number of amides is 2. The Hall–Kier alpha value is -2.93. The van der Waals surface area contributed by atoms with Crippen molar-refractivity contribution in [1.29, 1.82) is 0 Å². The molecule has 0 aliphatic carbocycles. The molecule has 0 unspecified atom stereocenters. The Labute approximate surface area is 202 Å². The summed E-state index contributed by atoms with van der Waals surface area (Å²) in [6, 6.07) is 22.3. The Balaban J connectivity index is 1.12. The fourth-order valence-electron chi connectivity index (χ4n) is 4.17. The van der Waals surface area contributed by atoms with Crippen molar-refractivity contribution in [3.05, 3.63) is 87.7 Å². The molecular weight excluding hydrogens is 452 g/mol. The van der Waals surface area contributed by atoms with Crippen molar-refractivity contribution in [2.24, 2.45) is 0 Å². The van der Waals surface area contributed by atoms with Gasteiger partial charge in [-0.15, -0.1) is 11.3 Å². The predicted molar refractivity (Wildman–Crippen MR) is 136 cm³/mol. The summed E-state index contributed by atoms with van der Waals surface area (Å²) in [4.78, 5) is 21.8. The number of rotatable bonds is 5. The number of halogens is 1. The topological polar surface area (TPSA) is 48.5 Å². The number of aromatic nitrogens is 1. The van der Waals surface area contributed by atoms with Crippen LogP contribution in [-0.4, -0.2) is 47.0 Å². The van der Waals surface area contributed by atoms with Crippen LogP contribution in [0, 0.1) is 0 Å². The normalized spacial score (nSPS) is 14.5. The van der Waals surface area contributed by atoms with Crippen LogP contribution in [0.5, 0.6) is 0 Å². The number of piperazine rings is 1. The van der Waals surface area contributed by atoms with Gasteiger partial charge in [-0.05, 0) is 28.5 Å². The molecule has 0 atom stereocenters. The molecule has 5 rings (SSSR count). The van der Waals surface area contributed by atoms with E-state index >= 15 is 0 Å². The van der Waals surface area contributed by atoms with Gasteiger partial charge in [0.15, 0.2) is 0 Å². The van der Waals surface area contributed by atoms with Gasteiger partial charge in [-0.2, -0.15) is 0 Å². The molecule has 1 aliphatic heterocycles. The van der Waals surface area contributed by atoms with E-state index in [9.17, 15) is 4.79 Å². The van der Waals surface area contributed by atoms with Crippen LogP contribution in [0.3, 0.4) is 0 Å². The van der Waals surface area contributed by atoms with Crippen LogP contribution in [0.25, 0.3) is 22.0 Å². The first kappa shape index (κ1) is 21.9. The minimum absolute atomic E-state index is 0.00172. The summed E-state index contributed by atoms with van der Waals surface area (Å²) in [7, 11) is 0. The van der Waals surface area contributed by atoms with Crippen LogP contribution in [0.2, 0.25) is 5.02 Å². The van der Waals surface area contributed by atoms with Crippen molar-refractivity contribution < 1.29 is 4.79 Å². The summed E-state index contributed by atoms with van der Waals surface area (Å²) in [6.07, 6.45) is 0. The highest BCUT2D eigenvalue weighted by Crippen LogP contribution is 2.24. The van der Waals surface area contributed by atoms with E-state index in [2.05, 4.69) is 39.9 Å². The lowest BCUT2D eigenvalue weighted by Gasteiger charge is -2.34. The Kier molecular flexibility index (Phi) is 6.58. The molecule has 7 heteroatoms. The minimum atomic E-state index is 0.00172. The number of urea groups is 1. The molecule has 33 heavy (non-hydrogen) atoms. The fraction of sp³-hybridized carbons (Fsp3) is 0.231. The molecule has 1 saturated heterocycles. The third-order valence-electron chi connectivity index (χ3n) is 6.02. The number of hydrogen-bond donors (Lipinski definition) is 1. The molecule has 3 aromatic carbocycles. The first-order valence-electron chi connectivity index (χ1n) is 11.1. The van der Waals surface area contributed by atoms with E-state index in [1.54, 1.807) is 11.3 Å². The number of nitrogens with one attached hydrogen (secondary N) is 1. The molecule has 0 radical (unpaired) electrons. The highest BCUT2D eigenvalue weighted by molar-refractivity contribution is 7.09. The first-order chi connectivity index (χ1) is 16.2. The Bertz CT molecular complexity index is 1240. The van der Waals surface area contributed by atoms with Crippen LogP contribution in [0.4, 0.5) is 4.79 Å². The largest absolute Gasteiger partial charge is 0.334 e. The summed E-state index contributed by atoms with van der Waals surface area (Å²) < 4.78 is 0. The maximum absolute atomic E-state index is 12.7. The van der Waals surface area contributed by atoms with Crippen molar-refractivity contribution in [2.45, 2.75) is 13.1 Å². The molecule has 5 nitrogen and oxygen atoms in total. The van der Waals surface area contributed by atoms with Gasteiger partial charge in [0.1, 0.15) is 5.01 Å². The summed E-state index contributed by atoms with van der Waals surface area (Å²) in [5.41, 5.74) is 3.20. The first-order valence-corrected chi connectivity index (χ1v) is 12.3. The molecule has 0 saturated carbocycles. The number of carbonyl (C=O) groups is 1. The van der Waals surface area contributed by atoms with Gasteiger partial charge < -0.3 is 10.2 Å². The van der Waals surface area contributed by atoms with Crippen molar-refractivity contribution in [2.75, 3.05) is 26.2 Å². The third kappa shape index (κ3) is 5.19. The number of fused-ring (bicyclic) bond motifs is 1. The smallest absolute Gasteiger partial charge is 0.317 e. The SMILES string of the molecule is O=C(NCc1cccc2ccccc12)N1CCN(Cc2nc(-c3ccc(Cl)cc3)cs2)CC1. The second kappa shape index (κ2) is 9.91. The molecule has 2 amide bonds. The van der Waals surface area contributed by atoms with Crippen LogP contribution in [-0.2, 0) is 13.1 Å². The van der Waals surface area contributed by atoms with Gasteiger partial charge >= 0.3 is 6.03 Å². The summed E-state index contributed by atoms with van der Waals surface area (Å²) in [5.74, 6) is 0. The van der Waals surface area contributed by atoms with E-state index in [1.165, 1.54) is 10.8 Å². The zero-order valence-electron chi connectivity index (χ0n) is 18.2. The number of benzene rings is 3. The number of carbonyl (C=O) groups excluding carboxylic acids is 1. The minimum Gasteiger partial charge on any atom is -0.334 e. The molecule has 1 N–H and O–H groups in total. The van der Waals surface area contributed by atoms with Gasteiger partial charge in [0.25, 0.3) is 0 Å². The Morgan fingerprint density at radius 3 is 2.55 bits per heavy atom. The molecular formula is C26H25ClN4OS. The molecule has 1 aromatic heterocycles. The van der Waals surface area contributed by atoms with E-state index in [0.717, 1.165) is 59.6 Å². The van der Waals surface area contributed by atoms with Gasteiger partial charge in [-0.3, -0.25) is 4.90 Å². The van der Waals surface area contributed by atoms with Crippen molar-refractivity contribution in [3.63, 3.8) is 0 Å². The molecule has 4 aromatic rings. The van der Waals surface area contributed by atoms with E-state index in [-0.39, 0.29) is 6.03 Å². The molecule has 1 aliphatic rings. The average Bonchev–Trinajstić information content (AvgIpc) is 3.32. The number of hydrogen-bond acceptors (Lipinski definition) is 4. The summed E-state index contributed by atoms with van der Waals surface area (Å²) >= 11 is 7.66. The van der Waals surface area contributed by atoms with Gasteiger partial charge in [0.2, 0.25) is 0 Å².